The van der Waals surface area contributed by atoms with Gasteiger partial charge in [0, 0.05) is 18.6 Å². The monoisotopic (exact) mass is 219 g/mol. The Labute approximate surface area is 97.7 Å². The van der Waals surface area contributed by atoms with Crippen LogP contribution in [-0.2, 0) is 0 Å². The van der Waals surface area contributed by atoms with Crippen LogP contribution in [-0.4, -0.2) is 17.6 Å². The third-order valence-electron chi connectivity index (χ3n) is 3.48. The highest BCUT2D eigenvalue weighted by Gasteiger charge is 2.20. The van der Waals surface area contributed by atoms with Gasteiger partial charge in [0.2, 0.25) is 0 Å². The molecule has 3 heteroatoms. The Morgan fingerprint density at radius 1 is 1.56 bits per heavy atom. The zero-order valence-electron chi connectivity index (χ0n) is 10.2. The van der Waals surface area contributed by atoms with E-state index in [4.69, 9.17) is 5.73 Å². The maximum absolute atomic E-state index is 5.95. The number of nitrogens with two attached hydrogens (primary N) is 1. The Morgan fingerprint density at radius 3 is 2.88 bits per heavy atom. The molecule has 0 aromatic carbocycles. The van der Waals surface area contributed by atoms with E-state index in [2.05, 4.69) is 35.9 Å². The van der Waals surface area contributed by atoms with E-state index in [1.165, 1.54) is 18.5 Å². The molecule has 2 N–H and O–H groups in total. The van der Waals surface area contributed by atoms with Gasteiger partial charge in [0.05, 0.1) is 17.6 Å². The predicted octanol–water partition coefficient (Wildman–Crippen LogP) is 2.48. The van der Waals surface area contributed by atoms with Gasteiger partial charge in [0.1, 0.15) is 0 Å². The molecule has 1 unspecified atom stereocenters. The summed E-state index contributed by atoms with van der Waals surface area (Å²) in [5.74, 6) is 0. The van der Waals surface area contributed by atoms with Gasteiger partial charge in [-0.25, -0.2) is 0 Å². The lowest BCUT2D eigenvalue weighted by Gasteiger charge is -2.23. The SMILES string of the molecule is CC[C@H](N)c1ccc(N2CCCC2C)cn1. The topological polar surface area (TPSA) is 42.1 Å². The van der Waals surface area contributed by atoms with Gasteiger partial charge < -0.3 is 10.6 Å². The van der Waals surface area contributed by atoms with Crippen molar-refractivity contribution < 1.29 is 0 Å². The number of pyridine rings is 1. The summed E-state index contributed by atoms with van der Waals surface area (Å²) in [6.07, 6.45) is 5.48. The van der Waals surface area contributed by atoms with Crippen molar-refractivity contribution in [3.63, 3.8) is 0 Å². The molecule has 1 saturated heterocycles. The van der Waals surface area contributed by atoms with Crippen LogP contribution in [0, 0.1) is 0 Å². The number of hydrogen-bond acceptors (Lipinski definition) is 3. The molecule has 2 atom stereocenters. The summed E-state index contributed by atoms with van der Waals surface area (Å²) in [4.78, 5) is 6.89. The molecule has 0 bridgehead atoms. The smallest absolute Gasteiger partial charge is 0.0572 e. The molecular weight excluding hydrogens is 198 g/mol. The molecule has 1 aliphatic rings. The third-order valence-corrected chi connectivity index (χ3v) is 3.48. The Bertz CT molecular complexity index is 334. The van der Waals surface area contributed by atoms with E-state index < -0.39 is 0 Å². The molecular formula is C13H21N3. The van der Waals surface area contributed by atoms with Crippen molar-refractivity contribution >= 4 is 5.69 Å². The summed E-state index contributed by atoms with van der Waals surface area (Å²) < 4.78 is 0. The molecule has 0 aliphatic carbocycles. The first-order valence-corrected chi connectivity index (χ1v) is 6.20. The Kier molecular flexibility index (Phi) is 3.44. The van der Waals surface area contributed by atoms with Crippen LogP contribution in [0.15, 0.2) is 18.3 Å². The van der Waals surface area contributed by atoms with Crippen LogP contribution in [0.1, 0.15) is 44.8 Å². The van der Waals surface area contributed by atoms with Crippen molar-refractivity contribution in [3.05, 3.63) is 24.0 Å². The summed E-state index contributed by atoms with van der Waals surface area (Å²) in [7, 11) is 0. The van der Waals surface area contributed by atoms with Crippen molar-refractivity contribution in [2.45, 2.75) is 45.2 Å². The Morgan fingerprint density at radius 2 is 2.38 bits per heavy atom. The third kappa shape index (κ3) is 2.19. The summed E-state index contributed by atoms with van der Waals surface area (Å²) >= 11 is 0. The lowest BCUT2D eigenvalue weighted by Crippen LogP contribution is -2.26. The second-order valence-corrected chi connectivity index (χ2v) is 4.64. The number of nitrogens with zero attached hydrogens (tertiary/aromatic N) is 2. The molecule has 2 heterocycles. The van der Waals surface area contributed by atoms with Gasteiger partial charge in [0.25, 0.3) is 0 Å². The molecule has 1 aromatic heterocycles. The zero-order chi connectivity index (χ0) is 11.5. The average Bonchev–Trinajstić information content (AvgIpc) is 2.75. The number of rotatable bonds is 3. The second kappa shape index (κ2) is 4.83. The van der Waals surface area contributed by atoms with Crippen LogP contribution in [0.25, 0.3) is 0 Å². The van der Waals surface area contributed by atoms with E-state index in [0.29, 0.717) is 6.04 Å². The van der Waals surface area contributed by atoms with E-state index in [9.17, 15) is 0 Å². The van der Waals surface area contributed by atoms with Gasteiger partial charge in [-0.2, -0.15) is 0 Å². The van der Waals surface area contributed by atoms with Crippen LogP contribution >= 0.6 is 0 Å². The van der Waals surface area contributed by atoms with Gasteiger partial charge in [-0.1, -0.05) is 6.92 Å². The van der Waals surface area contributed by atoms with Crippen molar-refractivity contribution in [1.82, 2.24) is 4.98 Å². The highest BCUT2D eigenvalue weighted by atomic mass is 15.2. The normalized spacial score (nSPS) is 22.4. The highest BCUT2D eigenvalue weighted by molar-refractivity contribution is 5.46. The van der Waals surface area contributed by atoms with Crippen LogP contribution in [0.5, 0.6) is 0 Å². The van der Waals surface area contributed by atoms with Crippen molar-refractivity contribution in [3.8, 4) is 0 Å². The molecule has 0 radical (unpaired) electrons. The molecule has 1 aromatic rings. The van der Waals surface area contributed by atoms with E-state index in [1.807, 2.05) is 6.20 Å². The van der Waals surface area contributed by atoms with Crippen molar-refractivity contribution in [1.29, 1.82) is 0 Å². The molecule has 3 nitrogen and oxygen atoms in total. The minimum Gasteiger partial charge on any atom is -0.368 e. The standard InChI is InChI=1S/C13H21N3/c1-3-12(14)13-7-6-11(9-15-13)16-8-4-5-10(16)2/h6-7,9-10,12H,3-5,8,14H2,1-2H3/t10?,12-/m0/s1. The fourth-order valence-electron chi connectivity index (χ4n) is 2.31. The number of hydrogen-bond donors (Lipinski definition) is 1. The summed E-state index contributed by atoms with van der Waals surface area (Å²) in [6, 6.07) is 4.94. The molecule has 0 saturated carbocycles. The van der Waals surface area contributed by atoms with E-state index >= 15 is 0 Å². The van der Waals surface area contributed by atoms with Gasteiger partial charge in [0.15, 0.2) is 0 Å². The Hall–Kier alpha value is -1.09. The van der Waals surface area contributed by atoms with Gasteiger partial charge >= 0.3 is 0 Å². The number of aromatic nitrogens is 1. The van der Waals surface area contributed by atoms with Crippen LogP contribution in [0.4, 0.5) is 5.69 Å². The van der Waals surface area contributed by atoms with Crippen molar-refractivity contribution in [2.24, 2.45) is 5.73 Å². The molecule has 0 spiro atoms. The first-order valence-electron chi connectivity index (χ1n) is 6.20. The molecule has 16 heavy (non-hydrogen) atoms. The molecule has 1 aliphatic heterocycles. The highest BCUT2D eigenvalue weighted by Crippen LogP contribution is 2.25. The number of anilines is 1. The largest absolute Gasteiger partial charge is 0.368 e. The van der Waals surface area contributed by atoms with Crippen molar-refractivity contribution in [2.75, 3.05) is 11.4 Å². The van der Waals surface area contributed by atoms with E-state index in [-0.39, 0.29) is 6.04 Å². The fraction of sp³-hybridized carbons (Fsp3) is 0.615. The quantitative estimate of drug-likeness (QED) is 0.849. The van der Waals surface area contributed by atoms with E-state index in [1.54, 1.807) is 0 Å². The fourth-order valence-corrected chi connectivity index (χ4v) is 2.31. The lowest BCUT2D eigenvalue weighted by atomic mass is 10.1. The van der Waals surface area contributed by atoms with Gasteiger partial charge in [-0.15, -0.1) is 0 Å². The lowest BCUT2D eigenvalue weighted by molar-refractivity contribution is 0.673. The maximum Gasteiger partial charge on any atom is 0.0572 e. The van der Waals surface area contributed by atoms with Gasteiger partial charge in [-0.05, 0) is 38.3 Å². The van der Waals surface area contributed by atoms with E-state index in [0.717, 1.165) is 18.7 Å². The first kappa shape index (κ1) is 11.4. The molecule has 2 rings (SSSR count). The van der Waals surface area contributed by atoms with Crippen LogP contribution < -0.4 is 10.6 Å². The van der Waals surface area contributed by atoms with Crippen LogP contribution in [0.3, 0.4) is 0 Å². The average molecular weight is 219 g/mol. The Balaban J connectivity index is 2.12. The van der Waals surface area contributed by atoms with Crippen LogP contribution in [0.2, 0.25) is 0 Å². The molecule has 0 amide bonds. The summed E-state index contributed by atoms with van der Waals surface area (Å²) in [6.45, 7) is 5.52. The van der Waals surface area contributed by atoms with Gasteiger partial charge in [-0.3, -0.25) is 4.98 Å². The second-order valence-electron chi connectivity index (χ2n) is 4.64. The zero-order valence-corrected chi connectivity index (χ0v) is 10.2. The maximum atomic E-state index is 5.95. The summed E-state index contributed by atoms with van der Waals surface area (Å²) in [5, 5.41) is 0. The summed E-state index contributed by atoms with van der Waals surface area (Å²) in [5.41, 5.74) is 8.18. The molecule has 1 fully saturated rings. The minimum absolute atomic E-state index is 0.0741. The first-order chi connectivity index (χ1) is 7.72. The molecule has 88 valence electrons. The predicted molar refractivity (Wildman–Crippen MR) is 67.5 cm³/mol. The minimum atomic E-state index is 0.0741.